The van der Waals surface area contributed by atoms with E-state index in [1.54, 1.807) is 6.07 Å². The Hall–Kier alpha value is -1.88. The molecule has 5 heteroatoms. The first kappa shape index (κ1) is 13.5. The van der Waals surface area contributed by atoms with Crippen molar-refractivity contribution < 1.29 is 9.18 Å². The number of nitrogens with two attached hydrogens (primary N) is 1. The van der Waals surface area contributed by atoms with Crippen molar-refractivity contribution in [2.75, 3.05) is 11.1 Å². The van der Waals surface area contributed by atoms with Gasteiger partial charge in [0.25, 0.3) is 0 Å². The zero-order valence-electron chi connectivity index (χ0n) is 9.99. The second-order valence-electron chi connectivity index (χ2n) is 4.06. The Balaban J connectivity index is 2.07. The maximum absolute atomic E-state index is 13.5. The van der Waals surface area contributed by atoms with Crippen LogP contribution in [0.4, 0.5) is 15.8 Å². The summed E-state index contributed by atoms with van der Waals surface area (Å²) in [5.74, 6) is -0.844. The van der Waals surface area contributed by atoms with E-state index in [9.17, 15) is 9.18 Å². The van der Waals surface area contributed by atoms with Crippen LogP contribution in [0.3, 0.4) is 0 Å². The smallest absolute Gasteiger partial charge is 0.228 e. The summed E-state index contributed by atoms with van der Waals surface area (Å²) in [6.45, 7) is 0. The Labute approximate surface area is 118 Å². The van der Waals surface area contributed by atoms with Gasteiger partial charge < -0.3 is 11.1 Å². The largest absolute Gasteiger partial charge is 0.397 e. The summed E-state index contributed by atoms with van der Waals surface area (Å²) in [4.78, 5) is 11.8. The first-order valence-electron chi connectivity index (χ1n) is 5.64. The molecule has 0 aromatic heterocycles. The second kappa shape index (κ2) is 5.84. The van der Waals surface area contributed by atoms with Crippen molar-refractivity contribution in [1.29, 1.82) is 0 Å². The third kappa shape index (κ3) is 3.54. The summed E-state index contributed by atoms with van der Waals surface area (Å²) < 4.78 is 14.4. The number of hydrogen-bond donors (Lipinski definition) is 2. The summed E-state index contributed by atoms with van der Waals surface area (Å²) in [7, 11) is 0. The molecule has 0 fully saturated rings. The topological polar surface area (TPSA) is 55.1 Å². The van der Waals surface area contributed by atoms with Crippen LogP contribution in [0.1, 0.15) is 5.56 Å². The highest BCUT2D eigenvalue weighted by atomic mass is 79.9. The molecule has 98 valence electrons. The van der Waals surface area contributed by atoms with Crippen molar-refractivity contribution in [2.45, 2.75) is 6.42 Å². The molecule has 2 rings (SSSR count). The lowest BCUT2D eigenvalue weighted by Crippen LogP contribution is -2.16. The molecule has 0 saturated carbocycles. The van der Waals surface area contributed by atoms with Crippen LogP contribution >= 0.6 is 15.9 Å². The molecule has 3 N–H and O–H groups in total. The molecule has 0 aliphatic carbocycles. The molecule has 19 heavy (non-hydrogen) atoms. The molecule has 2 aromatic carbocycles. The molecule has 1 amide bonds. The molecule has 0 saturated heterocycles. The van der Waals surface area contributed by atoms with E-state index < -0.39 is 5.82 Å². The van der Waals surface area contributed by atoms with E-state index >= 15 is 0 Å². The summed E-state index contributed by atoms with van der Waals surface area (Å²) in [5.41, 5.74) is 6.71. The summed E-state index contributed by atoms with van der Waals surface area (Å²) in [6.07, 6.45) is 0.168. The van der Waals surface area contributed by atoms with E-state index in [-0.39, 0.29) is 23.7 Å². The Morgan fingerprint density at radius 3 is 2.53 bits per heavy atom. The molecule has 0 spiro atoms. The SMILES string of the molecule is Nc1cccc(F)c1NC(=O)Cc1ccc(Br)cc1. The third-order valence-electron chi connectivity index (χ3n) is 2.59. The van der Waals surface area contributed by atoms with Gasteiger partial charge in [0.1, 0.15) is 11.5 Å². The summed E-state index contributed by atoms with van der Waals surface area (Å²) >= 11 is 3.32. The fourth-order valence-electron chi connectivity index (χ4n) is 1.64. The van der Waals surface area contributed by atoms with Crippen molar-refractivity contribution in [1.82, 2.24) is 0 Å². The van der Waals surface area contributed by atoms with Gasteiger partial charge in [-0.3, -0.25) is 4.79 Å². The molecule has 0 atom stereocenters. The number of benzene rings is 2. The number of para-hydroxylation sites is 1. The molecule has 0 bridgehead atoms. The number of nitrogens with one attached hydrogen (secondary N) is 1. The number of nitrogen functional groups attached to an aromatic ring is 1. The average molecular weight is 323 g/mol. The lowest BCUT2D eigenvalue weighted by Gasteiger charge is -2.09. The number of anilines is 2. The molecule has 3 nitrogen and oxygen atoms in total. The van der Waals surface area contributed by atoms with Gasteiger partial charge in [-0.15, -0.1) is 0 Å². The second-order valence-corrected chi connectivity index (χ2v) is 4.97. The fourth-order valence-corrected chi connectivity index (χ4v) is 1.91. The lowest BCUT2D eigenvalue weighted by molar-refractivity contribution is -0.115. The van der Waals surface area contributed by atoms with Crippen LogP contribution in [0.5, 0.6) is 0 Å². The first-order valence-corrected chi connectivity index (χ1v) is 6.44. The van der Waals surface area contributed by atoms with Gasteiger partial charge >= 0.3 is 0 Å². The first-order chi connectivity index (χ1) is 9.06. The van der Waals surface area contributed by atoms with Crippen molar-refractivity contribution >= 4 is 33.2 Å². The third-order valence-corrected chi connectivity index (χ3v) is 3.12. The van der Waals surface area contributed by atoms with E-state index in [1.807, 2.05) is 24.3 Å². The van der Waals surface area contributed by atoms with Crippen molar-refractivity contribution in [3.8, 4) is 0 Å². The molecular weight excluding hydrogens is 311 g/mol. The van der Waals surface area contributed by atoms with E-state index in [0.717, 1.165) is 10.0 Å². The predicted molar refractivity (Wildman–Crippen MR) is 77.3 cm³/mol. The summed E-state index contributed by atoms with van der Waals surface area (Å²) in [5, 5.41) is 2.49. The Morgan fingerprint density at radius 1 is 1.21 bits per heavy atom. The van der Waals surface area contributed by atoms with Crippen LogP contribution in [0, 0.1) is 5.82 Å². The number of carbonyl (C=O) groups excluding carboxylic acids is 1. The van der Waals surface area contributed by atoms with Gasteiger partial charge in [0.05, 0.1) is 12.1 Å². The van der Waals surface area contributed by atoms with Crippen molar-refractivity contribution in [3.63, 3.8) is 0 Å². The van der Waals surface area contributed by atoms with Crippen LogP contribution in [-0.2, 0) is 11.2 Å². The van der Waals surface area contributed by atoms with E-state index in [0.29, 0.717) is 0 Å². The predicted octanol–water partition coefficient (Wildman–Crippen LogP) is 3.35. The van der Waals surface area contributed by atoms with Gasteiger partial charge in [0.2, 0.25) is 5.91 Å². The van der Waals surface area contributed by atoms with Gasteiger partial charge in [-0.1, -0.05) is 34.1 Å². The molecule has 0 radical (unpaired) electrons. The van der Waals surface area contributed by atoms with Crippen molar-refractivity contribution in [3.05, 3.63) is 58.3 Å². The normalized spacial score (nSPS) is 10.2. The monoisotopic (exact) mass is 322 g/mol. The minimum absolute atomic E-state index is 0.0320. The van der Waals surface area contributed by atoms with Crippen molar-refractivity contribution in [2.24, 2.45) is 0 Å². The zero-order chi connectivity index (χ0) is 13.8. The zero-order valence-corrected chi connectivity index (χ0v) is 11.6. The highest BCUT2D eigenvalue weighted by Crippen LogP contribution is 2.22. The van der Waals surface area contributed by atoms with Gasteiger partial charge in [0.15, 0.2) is 0 Å². The number of amides is 1. The highest BCUT2D eigenvalue weighted by molar-refractivity contribution is 9.10. The number of carbonyl (C=O) groups is 1. The summed E-state index contributed by atoms with van der Waals surface area (Å²) in [6, 6.07) is 11.6. The minimum atomic E-state index is -0.538. The van der Waals surface area contributed by atoms with E-state index in [4.69, 9.17) is 5.73 Å². The molecule has 0 aliphatic heterocycles. The molecule has 0 heterocycles. The average Bonchev–Trinajstić information content (AvgIpc) is 2.37. The van der Waals surface area contributed by atoms with Crippen LogP contribution in [0.2, 0.25) is 0 Å². The van der Waals surface area contributed by atoms with Crippen LogP contribution < -0.4 is 11.1 Å². The maximum atomic E-state index is 13.5. The van der Waals surface area contributed by atoms with E-state index in [2.05, 4.69) is 21.2 Å². The standard InChI is InChI=1S/C14H12BrFN2O/c15-10-6-4-9(5-7-10)8-13(19)18-14-11(16)2-1-3-12(14)17/h1-7H,8,17H2,(H,18,19). The fraction of sp³-hybridized carbons (Fsp3) is 0.0714. The quantitative estimate of drug-likeness (QED) is 0.851. The molecule has 0 unspecified atom stereocenters. The van der Waals surface area contributed by atoms with Crippen LogP contribution in [0.25, 0.3) is 0 Å². The highest BCUT2D eigenvalue weighted by Gasteiger charge is 2.10. The van der Waals surface area contributed by atoms with Gasteiger partial charge in [-0.05, 0) is 29.8 Å². The Kier molecular flexibility index (Phi) is 4.16. The molecular formula is C14H12BrFN2O. The Bertz CT molecular complexity index is 579. The number of rotatable bonds is 3. The Morgan fingerprint density at radius 2 is 1.89 bits per heavy atom. The molecule has 0 aliphatic rings. The lowest BCUT2D eigenvalue weighted by atomic mass is 10.1. The number of hydrogen-bond acceptors (Lipinski definition) is 2. The minimum Gasteiger partial charge on any atom is -0.397 e. The van der Waals surface area contributed by atoms with Gasteiger partial charge in [-0.2, -0.15) is 0 Å². The molecule has 2 aromatic rings. The van der Waals surface area contributed by atoms with Crippen LogP contribution in [0.15, 0.2) is 46.9 Å². The van der Waals surface area contributed by atoms with Gasteiger partial charge in [-0.25, -0.2) is 4.39 Å². The van der Waals surface area contributed by atoms with Crippen LogP contribution in [-0.4, -0.2) is 5.91 Å². The maximum Gasteiger partial charge on any atom is 0.228 e. The van der Waals surface area contributed by atoms with Gasteiger partial charge in [0, 0.05) is 4.47 Å². The number of halogens is 2. The van der Waals surface area contributed by atoms with E-state index in [1.165, 1.54) is 12.1 Å².